The molecule has 0 aromatic carbocycles. The Hall–Kier alpha value is -1.51. The highest BCUT2D eigenvalue weighted by atomic mass is 32.2. The molecule has 0 aliphatic carbocycles. The largest absolute Gasteiger partial charge is 0.461 e. The maximum absolute atomic E-state index is 12.8. The van der Waals surface area contributed by atoms with Crippen LogP contribution in [-0.4, -0.2) is 32.2 Å². The van der Waals surface area contributed by atoms with Crippen molar-refractivity contribution in [3.05, 3.63) is 17.5 Å². The summed E-state index contributed by atoms with van der Waals surface area (Å²) < 4.78 is 65.2. The average Bonchev–Trinajstić information content (AvgIpc) is 2.60. The number of ether oxygens (including phenoxy) is 1. The molecule has 9 heteroatoms. The molecule has 1 rings (SSSR count). The summed E-state index contributed by atoms with van der Waals surface area (Å²) in [6.45, 7) is 1.30. The van der Waals surface area contributed by atoms with Gasteiger partial charge in [0, 0.05) is 12.5 Å². The molecular weight excluding hydrogens is 275 g/mol. The third kappa shape index (κ3) is 2.84. The molecule has 5 nitrogen and oxygen atoms in total. The topological polar surface area (TPSA) is 76.2 Å². The number of hydrogen-bond acceptors (Lipinski definition) is 4. The van der Waals surface area contributed by atoms with E-state index in [1.807, 2.05) is 4.98 Å². The van der Waals surface area contributed by atoms with Crippen molar-refractivity contribution < 1.29 is 31.1 Å². The summed E-state index contributed by atoms with van der Waals surface area (Å²) in [7, 11) is -4.10. The third-order valence-corrected chi connectivity index (χ3v) is 3.13. The summed E-state index contributed by atoms with van der Waals surface area (Å²) in [5.74, 6) is -1.25. The SMILES string of the molecule is CCOC(=O)c1[nH]cc(S(C)(=O)=O)c1C(F)(F)F. The molecule has 102 valence electrons. The van der Waals surface area contributed by atoms with Crippen LogP contribution in [0.3, 0.4) is 0 Å². The quantitative estimate of drug-likeness (QED) is 0.856. The summed E-state index contributed by atoms with van der Waals surface area (Å²) in [4.78, 5) is 12.3. The van der Waals surface area contributed by atoms with E-state index in [9.17, 15) is 26.4 Å². The van der Waals surface area contributed by atoms with Crippen LogP contribution in [0.15, 0.2) is 11.1 Å². The molecule has 1 N–H and O–H groups in total. The minimum atomic E-state index is -4.97. The van der Waals surface area contributed by atoms with Crippen molar-refractivity contribution in [1.82, 2.24) is 4.98 Å². The highest BCUT2D eigenvalue weighted by Crippen LogP contribution is 2.37. The first-order valence-corrected chi connectivity index (χ1v) is 6.64. The number of rotatable bonds is 3. The van der Waals surface area contributed by atoms with Crippen LogP contribution in [0.1, 0.15) is 23.0 Å². The zero-order chi connectivity index (χ0) is 14.1. The molecule has 18 heavy (non-hydrogen) atoms. The molecule has 0 saturated heterocycles. The molecule has 1 aromatic heterocycles. The number of aromatic amines is 1. The lowest BCUT2D eigenvalue weighted by atomic mass is 10.2. The van der Waals surface area contributed by atoms with Gasteiger partial charge in [0.2, 0.25) is 0 Å². The van der Waals surface area contributed by atoms with Crippen molar-refractivity contribution >= 4 is 15.8 Å². The molecule has 0 bridgehead atoms. The summed E-state index contributed by atoms with van der Waals surface area (Å²) in [5.41, 5.74) is -2.44. The van der Waals surface area contributed by atoms with E-state index in [4.69, 9.17) is 0 Å². The zero-order valence-corrected chi connectivity index (χ0v) is 10.3. The van der Waals surface area contributed by atoms with Gasteiger partial charge in [0.15, 0.2) is 9.84 Å². The first-order chi connectivity index (χ1) is 8.09. The van der Waals surface area contributed by atoms with Gasteiger partial charge in [-0.05, 0) is 6.92 Å². The van der Waals surface area contributed by atoms with Gasteiger partial charge in [0.25, 0.3) is 0 Å². The van der Waals surface area contributed by atoms with Crippen LogP contribution in [0.5, 0.6) is 0 Å². The molecule has 0 aliphatic rings. The van der Waals surface area contributed by atoms with Crippen molar-refractivity contribution in [1.29, 1.82) is 0 Å². The number of halogens is 3. The third-order valence-electron chi connectivity index (χ3n) is 2.01. The lowest BCUT2D eigenvalue weighted by molar-refractivity contribution is -0.140. The number of sulfone groups is 1. The van der Waals surface area contributed by atoms with Crippen LogP contribution < -0.4 is 0 Å². The van der Waals surface area contributed by atoms with Crippen LogP contribution in [0.2, 0.25) is 0 Å². The molecule has 0 radical (unpaired) electrons. The molecule has 0 atom stereocenters. The first kappa shape index (κ1) is 14.6. The van der Waals surface area contributed by atoms with Gasteiger partial charge in [-0.15, -0.1) is 0 Å². The number of esters is 1. The van der Waals surface area contributed by atoms with Crippen LogP contribution >= 0.6 is 0 Å². The zero-order valence-electron chi connectivity index (χ0n) is 9.46. The minimum Gasteiger partial charge on any atom is -0.461 e. The molecule has 0 fully saturated rings. The highest BCUT2D eigenvalue weighted by Gasteiger charge is 2.42. The van der Waals surface area contributed by atoms with Gasteiger partial charge in [-0.1, -0.05) is 0 Å². The molecule has 1 aromatic rings. The van der Waals surface area contributed by atoms with Gasteiger partial charge in [-0.2, -0.15) is 13.2 Å². The summed E-state index contributed by atoms with van der Waals surface area (Å²) >= 11 is 0. The van der Waals surface area contributed by atoms with Crippen molar-refractivity contribution in [2.75, 3.05) is 12.9 Å². The van der Waals surface area contributed by atoms with Gasteiger partial charge >= 0.3 is 12.1 Å². The minimum absolute atomic E-state index is 0.122. The molecule has 1 heterocycles. The molecular formula is C9H10F3NO4S. The van der Waals surface area contributed by atoms with Gasteiger partial charge in [0.1, 0.15) is 11.3 Å². The monoisotopic (exact) mass is 285 g/mol. The Morgan fingerprint density at radius 2 is 2.00 bits per heavy atom. The van der Waals surface area contributed by atoms with E-state index < -0.39 is 38.1 Å². The molecule has 0 unspecified atom stereocenters. The fourth-order valence-corrected chi connectivity index (χ4v) is 2.20. The molecule has 0 spiro atoms. The Kier molecular flexibility index (Phi) is 3.75. The van der Waals surface area contributed by atoms with Crippen molar-refractivity contribution in [3.8, 4) is 0 Å². The lowest BCUT2D eigenvalue weighted by Crippen LogP contribution is -2.16. The van der Waals surface area contributed by atoms with Crippen LogP contribution in [0.4, 0.5) is 13.2 Å². The maximum Gasteiger partial charge on any atom is 0.420 e. The normalized spacial score (nSPS) is 12.5. The van der Waals surface area contributed by atoms with Gasteiger partial charge in [-0.25, -0.2) is 13.2 Å². The average molecular weight is 285 g/mol. The van der Waals surface area contributed by atoms with E-state index in [1.54, 1.807) is 0 Å². The van der Waals surface area contributed by atoms with Gasteiger partial charge in [0.05, 0.1) is 11.5 Å². The smallest absolute Gasteiger partial charge is 0.420 e. The van der Waals surface area contributed by atoms with E-state index >= 15 is 0 Å². The number of H-pyrrole nitrogens is 1. The summed E-state index contributed by atoms with van der Waals surface area (Å²) in [5, 5.41) is 0. The second-order valence-electron chi connectivity index (χ2n) is 3.39. The van der Waals surface area contributed by atoms with E-state index in [2.05, 4.69) is 4.74 Å². The van der Waals surface area contributed by atoms with Gasteiger partial charge < -0.3 is 9.72 Å². The van der Waals surface area contributed by atoms with E-state index in [0.29, 0.717) is 12.5 Å². The Balaban J connectivity index is 3.48. The van der Waals surface area contributed by atoms with Crippen LogP contribution in [0, 0.1) is 0 Å². The molecule has 0 aliphatic heterocycles. The number of hydrogen-bond donors (Lipinski definition) is 1. The number of carbonyl (C=O) groups is 1. The fourth-order valence-electron chi connectivity index (χ4n) is 1.34. The van der Waals surface area contributed by atoms with E-state index in [0.717, 1.165) is 0 Å². The van der Waals surface area contributed by atoms with Crippen molar-refractivity contribution in [2.45, 2.75) is 18.0 Å². The Labute approximate surface area is 101 Å². The molecule has 0 amide bonds. The van der Waals surface area contributed by atoms with Crippen LogP contribution in [-0.2, 0) is 20.8 Å². The fraction of sp³-hybridized carbons (Fsp3) is 0.444. The Morgan fingerprint density at radius 1 is 1.44 bits per heavy atom. The van der Waals surface area contributed by atoms with Gasteiger partial charge in [-0.3, -0.25) is 0 Å². The first-order valence-electron chi connectivity index (χ1n) is 4.74. The second-order valence-corrected chi connectivity index (χ2v) is 5.38. The Bertz CT molecular complexity index is 559. The number of alkyl halides is 3. The summed E-state index contributed by atoms with van der Waals surface area (Å²) in [6, 6.07) is 0. The summed E-state index contributed by atoms with van der Waals surface area (Å²) in [6.07, 6.45) is -3.72. The number of aromatic nitrogens is 1. The predicted molar refractivity (Wildman–Crippen MR) is 54.9 cm³/mol. The number of carbonyl (C=O) groups excluding carboxylic acids is 1. The predicted octanol–water partition coefficient (Wildman–Crippen LogP) is 1.61. The standard InChI is InChI=1S/C9H10F3NO4S/c1-3-17-8(14)7-6(9(10,11)12)5(4-13-7)18(2,15)16/h4,13H,3H2,1-2H3. The van der Waals surface area contributed by atoms with Crippen LogP contribution in [0.25, 0.3) is 0 Å². The van der Waals surface area contributed by atoms with E-state index in [1.165, 1.54) is 6.92 Å². The Morgan fingerprint density at radius 3 is 2.39 bits per heavy atom. The lowest BCUT2D eigenvalue weighted by Gasteiger charge is -2.09. The molecule has 0 saturated carbocycles. The van der Waals surface area contributed by atoms with E-state index in [-0.39, 0.29) is 6.61 Å². The van der Waals surface area contributed by atoms with Crippen molar-refractivity contribution in [2.24, 2.45) is 0 Å². The maximum atomic E-state index is 12.8. The van der Waals surface area contributed by atoms with Crippen molar-refractivity contribution in [3.63, 3.8) is 0 Å². The second kappa shape index (κ2) is 4.63. The number of nitrogens with one attached hydrogen (secondary N) is 1. The highest BCUT2D eigenvalue weighted by molar-refractivity contribution is 7.90.